The van der Waals surface area contributed by atoms with E-state index in [2.05, 4.69) is 15.5 Å². The van der Waals surface area contributed by atoms with Crippen LogP contribution in [0.5, 0.6) is 0 Å². The van der Waals surface area contributed by atoms with Crippen molar-refractivity contribution in [1.29, 1.82) is 0 Å². The van der Waals surface area contributed by atoms with Crippen LogP contribution in [0.15, 0.2) is 30.5 Å². The van der Waals surface area contributed by atoms with E-state index < -0.39 is 0 Å². The lowest BCUT2D eigenvalue weighted by molar-refractivity contribution is 0.104. The molecule has 0 radical (unpaired) electrons. The van der Waals surface area contributed by atoms with Gasteiger partial charge in [-0.1, -0.05) is 0 Å². The van der Waals surface area contributed by atoms with E-state index in [0.29, 0.717) is 6.10 Å². The minimum Gasteiger partial charge on any atom is -0.378 e. The van der Waals surface area contributed by atoms with Crippen molar-refractivity contribution in [3.63, 3.8) is 0 Å². The summed E-state index contributed by atoms with van der Waals surface area (Å²) < 4.78 is 18.6. The van der Waals surface area contributed by atoms with Gasteiger partial charge in [0.05, 0.1) is 18.0 Å². The Hall–Kier alpha value is -1.43. The van der Waals surface area contributed by atoms with Crippen LogP contribution in [0.1, 0.15) is 24.8 Å². The highest BCUT2D eigenvalue weighted by molar-refractivity contribution is 5.85. The SMILES string of the molecule is Cl.Fc1ccc(-c2[nH]ncc2CNCCC2CCCO2)cc1. The van der Waals surface area contributed by atoms with E-state index in [4.69, 9.17) is 4.74 Å². The number of H-pyrrole nitrogens is 1. The lowest BCUT2D eigenvalue weighted by atomic mass is 10.1. The van der Waals surface area contributed by atoms with Crippen LogP contribution in [0.25, 0.3) is 11.3 Å². The van der Waals surface area contributed by atoms with Crippen molar-refractivity contribution in [3.05, 3.63) is 41.8 Å². The quantitative estimate of drug-likeness (QED) is 0.801. The number of hydrogen-bond donors (Lipinski definition) is 2. The van der Waals surface area contributed by atoms with Crippen molar-refractivity contribution in [3.8, 4) is 11.3 Å². The Bertz CT molecular complexity index is 567. The van der Waals surface area contributed by atoms with Gasteiger partial charge in [0.15, 0.2) is 0 Å². The first-order chi connectivity index (χ1) is 10.3. The summed E-state index contributed by atoms with van der Waals surface area (Å²) in [5, 5.41) is 10.5. The van der Waals surface area contributed by atoms with Gasteiger partial charge in [0.25, 0.3) is 0 Å². The zero-order valence-corrected chi connectivity index (χ0v) is 13.2. The largest absolute Gasteiger partial charge is 0.378 e. The third-order valence-corrected chi connectivity index (χ3v) is 3.83. The summed E-state index contributed by atoms with van der Waals surface area (Å²) in [6.07, 6.45) is 5.63. The second-order valence-corrected chi connectivity index (χ2v) is 5.38. The summed E-state index contributed by atoms with van der Waals surface area (Å²) in [6, 6.07) is 6.45. The summed E-state index contributed by atoms with van der Waals surface area (Å²) >= 11 is 0. The fourth-order valence-corrected chi connectivity index (χ4v) is 2.67. The summed E-state index contributed by atoms with van der Waals surface area (Å²) in [5.74, 6) is -0.227. The van der Waals surface area contributed by atoms with Crippen LogP contribution in [0.2, 0.25) is 0 Å². The van der Waals surface area contributed by atoms with Gasteiger partial charge in [-0.15, -0.1) is 12.4 Å². The van der Waals surface area contributed by atoms with Crippen LogP contribution >= 0.6 is 12.4 Å². The van der Waals surface area contributed by atoms with Crippen LogP contribution in [-0.2, 0) is 11.3 Å². The Kier molecular flexibility index (Phi) is 6.36. The van der Waals surface area contributed by atoms with E-state index >= 15 is 0 Å². The van der Waals surface area contributed by atoms with E-state index in [1.54, 1.807) is 12.1 Å². The first-order valence-electron chi connectivity index (χ1n) is 7.43. The fraction of sp³-hybridized carbons (Fsp3) is 0.438. The molecule has 0 spiro atoms. The molecule has 0 amide bonds. The molecule has 6 heteroatoms. The van der Waals surface area contributed by atoms with Crippen LogP contribution < -0.4 is 5.32 Å². The van der Waals surface area contributed by atoms with Crippen LogP contribution in [-0.4, -0.2) is 29.5 Å². The summed E-state index contributed by atoms with van der Waals surface area (Å²) in [5.41, 5.74) is 2.98. The molecule has 1 aliphatic rings. The van der Waals surface area contributed by atoms with Crippen molar-refractivity contribution in [2.45, 2.75) is 31.9 Å². The van der Waals surface area contributed by atoms with E-state index in [1.165, 1.54) is 25.0 Å². The second-order valence-electron chi connectivity index (χ2n) is 5.38. The third kappa shape index (κ3) is 4.29. The van der Waals surface area contributed by atoms with Gasteiger partial charge in [-0.25, -0.2) is 4.39 Å². The Morgan fingerprint density at radius 2 is 2.14 bits per heavy atom. The van der Waals surface area contributed by atoms with Crippen molar-refractivity contribution >= 4 is 12.4 Å². The van der Waals surface area contributed by atoms with Crippen LogP contribution in [0.4, 0.5) is 4.39 Å². The zero-order chi connectivity index (χ0) is 14.5. The van der Waals surface area contributed by atoms with E-state index in [0.717, 1.165) is 42.9 Å². The molecule has 2 heterocycles. The monoisotopic (exact) mass is 325 g/mol. The lowest BCUT2D eigenvalue weighted by Crippen LogP contribution is -2.19. The number of halogens is 2. The molecule has 2 N–H and O–H groups in total. The highest BCUT2D eigenvalue weighted by atomic mass is 35.5. The molecule has 1 aromatic carbocycles. The van der Waals surface area contributed by atoms with E-state index in [9.17, 15) is 4.39 Å². The van der Waals surface area contributed by atoms with Gasteiger partial charge in [0.1, 0.15) is 5.82 Å². The van der Waals surface area contributed by atoms with Gasteiger partial charge in [-0.3, -0.25) is 5.10 Å². The predicted octanol–water partition coefficient (Wildman–Crippen LogP) is 3.30. The Balaban J connectivity index is 0.00000176. The molecule has 2 aromatic rings. The van der Waals surface area contributed by atoms with Crippen molar-refractivity contribution < 1.29 is 9.13 Å². The maximum Gasteiger partial charge on any atom is 0.123 e. The van der Waals surface area contributed by atoms with E-state index in [1.807, 2.05) is 6.20 Å². The average Bonchev–Trinajstić information content (AvgIpc) is 3.16. The minimum absolute atomic E-state index is 0. The molecule has 22 heavy (non-hydrogen) atoms. The Labute approximate surface area is 135 Å². The molecule has 1 aliphatic heterocycles. The number of rotatable bonds is 6. The molecular weight excluding hydrogens is 305 g/mol. The highest BCUT2D eigenvalue weighted by Gasteiger charge is 2.14. The molecular formula is C16H21ClFN3O. The fourth-order valence-electron chi connectivity index (χ4n) is 2.67. The number of benzene rings is 1. The highest BCUT2D eigenvalue weighted by Crippen LogP contribution is 2.21. The normalized spacial score (nSPS) is 17.4. The maximum atomic E-state index is 13.0. The summed E-state index contributed by atoms with van der Waals surface area (Å²) in [7, 11) is 0. The number of ether oxygens (including phenoxy) is 1. The van der Waals surface area contributed by atoms with Gasteiger partial charge >= 0.3 is 0 Å². The number of aromatic amines is 1. The molecule has 1 atom stereocenters. The van der Waals surface area contributed by atoms with Crippen molar-refractivity contribution in [2.24, 2.45) is 0 Å². The smallest absolute Gasteiger partial charge is 0.123 e. The second kappa shape index (κ2) is 8.27. The standard InChI is InChI=1S/C16H20FN3O.ClH/c17-14-5-3-12(4-6-14)16-13(11-19-20-16)10-18-8-7-15-2-1-9-21-15;/h3-6,11,15,18H,1-2,7-10H2,(H,19,20);1H. The van der Waals surface area contributed by atoms with Gasteiger partial charge in [0.2, 0.25) is 0 Å². The first-order valence-corrected chi connectivity index (χ1v) is 7.43. The molecule has 1 fully saturated rings. The van der Waals surface area contributed by atoms with Crippen LogP contribution in [0.3, 0.4) is 0 Å². The summed E-state index contributed by atoms with van der Waals surface area (Å²) in [6.45, 7) is 2.58. The molecule has 0 saturated carbocycles. The number of hydrogen-bond acceptors (Lipinski definition) is 3. The molecule has 4 nitrogen and oxygen atoms in total. The molecule has 0 aliphatic carbocycles. The van der Waals surface area contributed by atoms with Gasteiger partial charge in [-0.05, 0) is 50.1 Å². The molecule has 3 rings (SSSR count). The van der Waals surface area contributed by atoms with Gasteiger partial charge < -0.3 is 10.1 Å². The molecule has 1 unspecified atom stereocenters. The van der Waals surface area contributed by atoms with Crippen molar-refractivity contribution in [1.82, 2.24) is 15.5 Å². The Morgan fingerprint density at radius 3 is 2.86 bits per heavy atom. The van der Waals surface area contributed by atoms with Crippen LogP contribution in [0, 0.1) is 5.82 Å². The average molecular weight is 326 g/mol. The Morgan fingerprint density at radius 1 is 1.32 bits per heavy atom. The topological polar surface area (TPSA) is 49.9 Å². The molecule has 120 valence electrons. The zero-order valence-electron chi connectivity index (χ0n) is 12.3. The third-order valence-electron chi connectivity index (χ3n) is 3.83. The minimum atomic E-state index is -0.227. The van der Waals surface area contributed by atoms with Gasteiger partial charge in [0, 0.05) is 24.3 Å². The number of nitrogens with zero attached hydrogens (tertiary/aromatic N) is 1. The number of nitrogens with one attached hydrogen (secondary N) is 2. The first kappa shape index (κ1) is 16.9. The lowest BCUT2D eigenvalue weighted by Gasteiger charge is -2.10. The predicted molar refractivity (Wildman–Crippen MR) is 86.5 cm³/mol. The van der Waals surface area contributed by atoms with Crippen molar-refractivity contribution in [2.75, 3.05) is 13.2 Å². The van der Waals surface area contributed by atoms with E-state index in [-0.39, 0.29) is 18.2 Å². The number of aromatic nitrogens is 2. The summed E-state index contributed by atoms with van der Waals surface area (Å²) in [4.78, 5) is 0. The molecule has 1 aromatic heterocycles. The molecule has 1 saturated heterocycles. The maximum absolute atomic E-state index is 13.0. The van der Waals surface area contributed by atoms with Gasteiger partial charge in [-0.2, -0.15) is 5.10 Å². The molecule has 0 bridgehead atoms.